The van der Waals surface area contributed by atoms with Gasteiger partial charge in [-0.2, -0.15) is 0 Å². The fourth-order valence-electron chi connectivity index (χ4n) is 4.43. The zero-order valence-electron chi connectivity index (χ0n) is 23.7. The van der Waals surface area contributed by atoms with Crippen molar-refractivity contribution in [3.05, 3.63) is 100 Å². The maximum absolute atomic E-state index is 14.1. The van der Waals surface area contributed by atoms with Gasteiger partial charge in [0, 0.05) is 24.5 Å². The van der Waals surface area contributed by atoms with Gasteiger partial charge in [-0.1, -0.05) is 91.7 Å². The van der Waals surface area contributed by atoms with Crippen LogP contribution in [0.3, 0.4) is 0 Å². The summed E-state index contributed by atoms with van der Waals surface area (Å²) >= 11 is 6.20. The molecule has 0 saturated heterocycles. The Labute approximate surface area is 243 Å². The van der Waals surface area contributed by atoms with Crippen LogP contribution in [0.4, 0.5) is 5.69 Å². The second-order valence-corrected chi connectivity index (χ2v) is 12.9. The molecule has 0 aliphatic rings. The molecule has 40 heavy (non-hydrogen) atoms. The molecule has 7 nitrogen and oxygen atoms in total. The minimum atomic E-state index is -3.87. The quantitative estimate of drug-likeness (QED) is 0.320. The van der Waals surface area contributed by atoms with Gasteiger partial charge >= 0.3 is 0 Å². The highest BCUT2D eigenvalue weighted by atomic mass is 35.5. The van der Waals surface area contributed by atoms with E-state index < -0.39 is 28.5 Å². The second kappa shape index (κ2) is 13.8. The van der Waals surface area contributed by atoms with Gasteiger partial charge in [0.2, 0.25) is 21.8 Å². The Bertz CT molecular complexity index is 1430. The number of anilines is 1. The molecule has 214 valence electrons. The van der Waals surface area contributed by atoms with E-state index in [2.05, 4.69) is 5.32 Å². The number of hydrogen-bond acceptors (Lipinski definition) is 4. The van der Waals surface area contributed by atoms with E-state index >= 15 is 0 Å². The maximum Gasteiger partial charge on any atom is 0.244 e. The number of hydrogen-bond donors (Lipinski definition) is 1. The zero-order valence-corrected chi connectivity index (χ0v) is 25.3. The monoisotopic (exact) mass is 583 g/mol. The van der Waals surface area contributed by atoms with Crippen LogP contribution in [0.25, 0.3) is 0 Å². The molecule has 1 unspecified atom stereocenters. The van der Waals surface area contributed by atoms with E-state index in [4.69, 9.17) is 11.6 Å². The van der Waals surface area contributed by atoms with Crippen molar-refractivity contribution in [2.45, 2.75) is 46.7 Å². The molecule has 0 fully saturated rings. The van der Waals surface area contributed by atoms with Gasteiger partial charge < -0.3 is 10.2 Å². The number of benzene rings is 3. The molecule has 2 amide bonds. The van der Waals surface area contributed by atoms with Gasteiger partial charge in [0.15, 0.2) is 0 Å². The predicted molar refractivity (Wildman–Crippen MR) is 162 cm³/mol. The van der Waals surface area contributed by atoms with Crippen molar-refractivity contribution in [2.24, 2.45) is 5.92 Å². The number of sulfonamides is 1. The summed E-state index contributed by atoms with van der Waals surface area (Å²) in [4.78, 5) is 29.3. The van der Waals surface area contributed by atoms with E-state index in [9.17, 15) is 18.0 Å². The Kier molecular flexibility index (Phi) is 10.8. The molecule has 0 aliphatic carbocycles. The van der Waals surface area contributed by atoms with Crippen LogP contribution in [0.2, 0.25) is 5.02 Å². The molecule has 0 bridgehead atoms. The average molecular weight is 584 g/mol. The van der Waals surface area contributed by atoms with Crippen LogP contribution in [0.5, 0.6) is 0 Å². The first-order valence-corrected chi connectivity index (χ1v) is 15.5. The summed E-state index contributed by atoms with van der Waals surface area (Å²) in [5.74, 6) is -0.566. The minimum Gasteiger partial charge on any atom is -0.354 e. The van der Waals surface area contributed by atoms with Crippen molar-refractivity contribution in [3.63, 3.8) is 0 Å². The summed E-state index contributed by atoms with van der Waals surface area (Å²) < 4.78 is 27.0. The summed E-state index contributed by atoms with van der Waals surface area (Å²) in [5.41, 5.74) is 3.72. The Balaban J connectivity index is 2.07. The standard InChI is InChI=1S/C31H38ClN3O4S/c1-22(2)19-33-31(37)29(17-25-11-7-6-8-12-25)34(20-26-13-9-10-23(3)16-26)30(36)21-35(40(5,38)39)28-18-27(32)15-14-24(28)4/h6-16,18,22,29H,17,19-21H2,1-5H3,(H,33,37). The third kappa shape index (κ3) is 8.83. The molecule has 0 aliphatic heterocycles. The van der Waals surface area contributed by atoms with Crippen LogP contribution in [0.1, 0.15) is 36.1 Å². The fourth-order valence-corrected chi connectivity index (χ4v) is 5.49. The lowest BCUT2D eigenvalue weighted by atomic mass is 10.0. The molecule has 3 aromatic carbocycles. The van der Waals surface area contributed by atoms with Gasteiger partial charge in [-0.15, -0.1) is 0 Å². The fraction of sp³-hybridized carbons (Fsp3) is 0.355. The van der Waals surface area contributed by atoms with Crippen molar-refractivity contribution in [1.82, 2.24) is 10.2 Å². The topological polar surface area (TPSA) is 86.8 Å². The predicted octanol–water partition coefficient (Wildman–Crippen LogP) is 5.14. The van der Waals surface area contributed by atoms with Crippen molar-refractivity contribution >= 4 is 39.1 Å². The van der Waals surface area contributed by atoms with Crippen molar-refractivity contribution in [2.75, 3.05) is 23.7 Å². The number of rotatable bonds is 12. The first-order chi connectivity index (χ1) is 18.8. The lowest BCUT2D eigenvalue weighted by Gasteiger charge is -2.34. The molecule has 0 spiro atoms. The third-order valence-electron chi connectivity index (χ3n) is 6.51. The van der Waals surface area contributed by atoms with Gasteiger partial charge in [-0.25, -0.2) is 8.42 Å². The lowest BCUT2D eigenvalue weighted by molar-refractivity contribution is -0.140. The maximum atomic E-state index is 14.1. The molecule has 9 heteroatoms. The molecule has 3 rings (SSSR count). The Morgan fingerprint density at radius 2 is 1.60 bits per heavy atom. The molecule has 0 saturated carbocycles. The van der Waals surface area contributed by atoms with Gasteiger partial charge in [0.25, 0.3) is 0 Å². The normalized spacial score (nSPS) is 12.2. The van der Waals surface area contributed by atoms with E-state index in [1.54, 1.807) is 19.1 Å². The van der Waals surface area contributed by atoms with Crippen LogP contribution < -0.4 is 9.62 Å². The highest BCUT2D eigenvalue weighted by Crippen LogP contribution is 2.27. The number of amides is 2. The van der Waals surface area contributed by atoms with Gasteiger partial charge in [-0.3, -0.25) is 13.9 Å². The highest BCUT2D eigenvalue weighted by Gasteiger charge is 2.33. The highest BCUT2D eigenvalue weighted by molar-refractivity contribution is 7.92. The van der Waals surface area contributed by atoms with E-state index in [1.165, 1.54) is 11.0 Å². The summed E-state index contributed by atoms with van der Waals surface area (Å²) in [5, 5.41) is 3.34. The Morgan fingerprint density at radius 1 is 0.925 bits per heavy atom. The summed E-state index contributed by atoms with van der Waals surface area (Å²) in [6.07, 6.45) is 1.33. The molecule has 0 heterocycles. The zero-order chi connectivity index (χ0) is 29.4. The smallest absolute Gasteiger partial charge is 0.244 e. The van der Waals surface area contributed by atoms with Crippen LogP contribution in [0, 0.1) is 19.8 Å². The molecule has 0 aromatic heterocycles. The van der Waals surface area contributed by atoms with Gasteiger partial charge in [-0.05, 0) is 48.6 Å². The molecule has 1 N–H and O–H groups in total. The average Bonchev–Trinajstić information content (AvgIpc) is 2.89. The third-order valence-corrected chi connectivity index (χ3v) is 7.87. The number of halogens is 1. The second-order valence-electron chi connectivity index (χ2n) is 10.6. The van der Waals surface area contributed by atoms with Gasteiger partial charge in [0.05, 0.1) is 11.9 Å². The Morgan fingerprint density at radius 3 is 2.23 bits per heavy atom. The molecular weight excluding hydrogens is 546 g/mol. The summed E-state index contributed by atoms with van der Waals surface area (Å²) in [7, 11) is -3.87. The van der Waals surface area contributed by atoms with Crippen molar-refractivity contribution < 1.29 is 18.0 Å². The van der Waals surface area contributed by atoms with E-state index in [0.29, 0.717) is 22.8 Å². The summed E-state index contributed by atoms with van der Waals surface area (Å²) in [6.45, 7) is 7.83. The van der Waals surface area contributed by atoms with Crippen LogP contribution in [0.15, 0.2) is 72.8 Å². The molecule has 0 radical (unpaired) electrons. The van der Waals surface area contributed by atoms with Crippen molar-refractivity contribution in [1.29, 1.82) is 0 Å². The molecule has 3 aromatic rings. The first-order valence-electron chi connectivity index (χ1n) is 13.3. The van der Waals surface area contributed by atoms with Crippen LogP contribution in [-0.4, -0.2) is 50.5 Å². The van der Waals surface area contributed by atoms with Crippen molar-refractivity contribution in [3.8, 4) is 0 Å². The summed E-state index contributed by atoms with van der Waals surface area (Å²) in [6, 6.07) is 21.3. The Hall–Kier alpha value is -3.36. The van der Waals surface area contributed by atoms with Crippen LogP contribution in [-0.2, 0) is 32.6 Å². The largest absolute Gasteiger partial charge is 0.354 e. The van der Waals surface area contributed by atoms with E-state index in [0.717, 1.165) is 27.3 Å². The number of nitrogens with zero attached hydrogens (tertiary/aromatic N) is 2. The lowest BCUT2D eigenvalue weighted by Crippen LogP contribution is -2.53. The van der Waals surface area contributed by atoms with Crippen LogP contribution >= 0.6 is 11.6 Å². The van der Waals surface area contributed by atoms with Gasteiger partial charge in [0.1, 0.15) is 12.6 Å². The molecule has 1 atom stereocenters. The number of nitrogens with one attached hydrogen (secondary N) is 1. The number of carbonyl (C=O) groups excluding carboxylic acids is 2. The SMILES string of the molecule is Cc1cccc(CN(C(=O)CN(c2cc(Cl)ccc2C)S(C)(=O)=O)C(Cc2ccccc2)C(=O)NCC(C)C)c1. The van der Waals surface area contributed by atoms with E-state index in [1.807, 2.05) is 75.4 Å². The number of aryl methyl sites for hydroxylation is 2. The van der Waals surface area contributed by atoms with E-state index in [-0.39, 0.29) is 24.8 Å². The molecular formula is C31H38ClN3O4S. The number of carbonyl (C=O) groups is 2. The first kappa shape index (κ1) is 31.2. The minimum absolute atomic E-state index is 0.138.